The molecule has 1 aromatic heterocycles. The molecule has 2 aromatic rings. The van der Waals surface area contributed by atoms with Crippen molar-refractivity contribution in [3.63, 3.8) is 0 Å². The van der Waals surface area contributed by atoms with E-state index in [0.717, 1.165) is 32.3 Å². The molecule has 0 aliphatic heterocycles. The molecular weight excluding hydrogens is 308 g/mol. The van der Waals surface area contributed by atoms with Crippen molar-refractivity contribution in [2.24, 2.45) is 0 Å². The maximum absolute atomic E-state index is 11.5. The molecule has 0 bridgehead atoms. The number of methoxy groups -OCH3 is 1. The maximum atomic E-state index is 11.5. The zero-order chi connectivity index (χ0) is 14.0. The summed E-state index contributed by atoms with van der Waals surface area (Å²) in [5, 5.41) is 4.15. The van der Waals surface area contributed by atoms with E-state index in [0.29, 0.717) is 0 Å². The molecule has 0 spiro atoms. The Morgan fingerprint density at radius 1 is 1.47 bits per heavy atom. The number of carbonyl (C=O) groups is 1. The number of hydrogen-bond acceptors (Lipinski definition) is 4. The summed E-state index contributed by atoms with van der Waals surface area (Å²) in [6.07, 6.45) is 0.216. The Kier molecular flexibility index (Phi) is 4.04. The van der Waals surface area contributed by atoms with Crippen LogP contribution in [0.15, 0.2) is 22.7 Å². The SMILES string of the molecule is CNc1c(CC(=O)OC)c(C)nc2ccc(Br)cc12. The summed E-state index contributed by atoms with van der Waals surface area (Å²) in [7, 11) is 3.23. The van der Waals surface area contributed by atoms with Crippen LogP contribution in [0.25, 0.3) is 10.9 Å². The number of hydrogen-bond donors (Lipinski definition) is 1. The average Bonchev–Trinajstić information content (AvgIpc) is 2.40. The minimum atomic E-state index is -0.268. The molecule has 0 fully saturated rings. The third-order valence-corrected chi connectivity index (χ3v) is 3.55. The first-order valence-electron chi connectivity index (χ1n) is 5.90. The fourth-order valence-electron chi connectivity index (χ4n) is 2.12. The highest BCUT2D eigenvalue weighted by atomic mass is 79.9. The van der Waals surface area contributed by atoms with Crippen LogP contribution in [0.1, 0.15) is 11.3 Å². The van der Waals surface area contributed by atoms with Gasteiger partial charge in [-0.2, -0.15) is 0 Å². The molecular formula is C14H15BrN2O2. The molecule has 0 atom stereocenters. The first-order valence-corrected chi connectivity index (χ1v) is 6.69. The lowest BCUT2D eigenvalue weighted by molar-refractivity contribution is -0.139. The number of nitrogens with zero attached hydrogens (tertiary/aromatic N) is 1. The minimum absolute atomic E-state index is 0.216. The van der Waals surface area contributed by atoms with E-state index in [1.54, 1.807) is 0 Å². The first kappa shape index (κ1) is 13.8. The number of fused-ring (bicyclic) bond motifs is 1. The Hall–Kier alpha value is -1.62. The predicted octanol–water partition coefficient (Wildman–Crippen LogP) is 3.06. The monoisotopic (exact) mass is 322 g/mol. The molecule has 19 heavy (non-hydrogen) atoms. The van der Waals surface area contributed by atoms with Crippen molar-refractivity contribution in [2.75, 3.05) is 19.5 Å². The van der Waals surface area contributed by atoms with Crippen LogP contribution in [0.2, 0.25) is 0 Å². The van der Waals surface area contributed by atoms with Crippen LogP contribution in [0.4, 0.5) is 5.69 Å². The maximum Gasteiger partial charge on any atom is 0.310 e. The number of anilines is 1. The van der Waals surface area contributed by atoms with Crippen LogP contribution in [-0.4, -0.2) is 25.1 Å². The summed E-state index contributed by atoms with van der Waals surface area (Å²) in [4.78, 5) is 16.1. The average molecular weight is 323 g/mol. The Labute approximate surface area is 120 Å². The highest BCUT2D eigenvalue weighted by Gasteiger charge is 2.15. The number of pyridine rings is 1. The van der Waals surface area contributed by atoms with E-state index in [4.69, 9.17) is 4.74 Å². The van der Waals surface area contributed by atoms with Gasteiger partial charge in [0.15, 0.2) is 0 Å². The molecule has 0 saturated carbocycles. The Bertz CT molecular complexity index is 641. The van der Waals surface area contributed by atoms with Crippen LogP contribution in [0.3, 0.4) is 0 Å². The largest absolute Gasteiger partial charge is 0.469 e. The third kappa shape index (κ3) is 2.71. The molecule has 1 N–H and O–H groups in total. The van der Waals surface area contributed by atoms with Gasteiger partial charge in [0.25, 0.3) is 0 Å². The molecule has 0 aliphatic rings. The number of benzene rings is 1. The molecule has 2 rings (SSSR count). The number of esters is 1. The molecule has 0 aliphatic carbocycles. The Balaban J connectivity index is 2.68. The van der Waals surface area contributed by atoms with Gasteiger partial charge in [0, 0.05) is 33.9 Å². The van der Waals surface area contributed by atoms with Gasteiger partial charge in [0.05, 0.1) is 19.0 Å². The second kappa shape index (κ2) is 5.57. The third-order valence-electron chi connectivity index (χ3n) is 3.05. The van der Waals surface area contributed by atoms with Gasteiger partial charge in [0.2, 0.25) is 0 Å². The van der Waals surface area contributed by atoms with E-state index >= 15 is 0 Å². The number of rotatable bonds is 3. The van der Waals surface area contributed by atoms with Gasteiger partial charge in [0.1, 0.15) is 0 Å². The van der Waals surface area contributed by atoms with E-state index in [9.17, 15) is 4.79 Å². The molecule has 1 aromatic carbocycles. The molecule has 100 valence electrons. The van der Waals surface area contributed by atoms with Gasteiger partial charge >= 0.3 is 5.97 Å². The van der Waals surface area contributed by atoms with E-state index in [1.807, 2.05) is 32.2 Å². The zero-order valence-corrected chi connectivity index (χ0v) is 12.7. The standard InChI is InChI=1S/C14H15BrN2O2/c1-8-10(7-13(18)19-3)14(16-2)11-6-9(15)4-5-12(11)17-8/h4-6H,7H2,1-3H3,(H,16,17). The predicted molar refractivity (Wildman–Crippen MR) is 79.4 cm³/mol. The van der Waals surface area contributed by atoms with Gasteiger partial charge in [-0.05, 0) is 25.1 Å². The van der Waals surface area contributed by atoms with Crippen LogP contribution >= 0.6 is 15.9 Å². The Morgan fingerprint density at radius 3 is 2.84 bits per heavy atom. The zero-order valence-electron chi connectivity index (χ0n) is 11.1. The van der Waals surface area contributed by atoms with E-state index in [-0.39, 0.29) is 12.4 Å². The van der Waals surface area contributed by atoms with Crippen LogP contribution in [0.5, 0.6) is 0 Å². The van der Waals surface area contributed by atoms with Crippen molar-refractivity contribution in [1.29, 1.82) is 0 Å². The van der Waals surface area contributed by atoms with Gasteiger partial charge < -0.3 is 10.1 Å². The topological polar surface area (TPSA) is 51.2 Å². The second-order valence-electron chi connectivity index (χ2n) is 4.22. The van der Waals surface area contributed by atoms with E-state index in [1.165, 1.54) is 7.11 Å². The number of nitrogens with one attached hydrogen (secondary N) is 1. The van der Waals surface area contributed by atoms with Crippen LogP contribution in [0, 0.1) is 6.92 Å². The summed E-state index contributed by atoms with van der Waals surface area (Å²) in [5.41, 5.74) is 3.54. The normalized spacial score (nSPS) is 10.5. The summed E-state index contributed by atoms with van der Waals surface area (Å²) >= 11 is 3.46. The number of aryl methyl sites for hydroxylation is 1. The number of halogens is 1. The lowest BCUT2D eigenvalue weighted by Gasteiger charge is -2.14. The molecule has 0 radical (unpaired) electrons. The molecule has 4 nitrogen and oxygen atoms in total. The Morgan fingerprint density at radius 2 is 2.21 bits per heavy atom. The first-order chi connectivity index (χ1) is 9.06. The van der Waals surface area contributed by atoms with Gasteiger partial charge in [-0.1, -0.05) is 15.9 Å². The van der Waals surface area contributed by atoms with Crippen molar-refractivity contribution >= 4 is 38.5 Å². The van der Waals surface area contributed by atoms with Gasteiger partial charge in [-0.3, -0.25) is 9.78 Å². The van der Waals surface area contributed by atoms with Crippen molar-refractivity contribution < 1.29 is 9.53 Å². The summed E-state index contributed by atoms with van der Waals surface area (Å²) < 4.78 is 5.72. The van der Waals surface area contributed by atoms with Crippen LogP contribution < -0.4 is 5.32 Å². The molecule has 0 amide bonds. The van der Waals surface area contributed by atoms with E-state index in [2.05, 4.69) is 26.2 Å². The lowest BCUT2D eigenvalue weighted by Crippen LogP contribution is -2.10. The fraction of sp³-hybridized carbons (Fsp3) is 0.286. The highest BCUT2D eigenvalue weighted by Crippen LogP contribution is 2.30. The van der Waals surface area contributed by atoms with Gasteiger partial charge in [-0.15, -0.1) is 0 Å². The molecule has 0 saturated heterocycles. The van der Waals surface area contributed by atoms with Gasteiger partial charge in [-0.25, -0.2) is 0 Å². The summed E-state index contributed by atoms with van der Waals surface area (Å²) in [5.74, 6) is -0.268. The lowest BCUT2D eigenvalue weighted by atomic mass is 10.0. The van der Waals surface area contributed by atoms with E-state index < -0.39 is 0 Å². The summed E-state index contributed by atoms with van der Waals surface area (Å²) in [6.45, 7) is 1.90. The second-order valence-corrected chi connectivity index (χ2v) is 5.13. The smallest absolute Gasteiger partial charge is 0.310 e. The van der Waals surface area contributed by atoms with Crippen molar-refractivity contribution in [2.45, 2.75) is 13.3 Å². The highest BCUT2D eigenvalue weighted by molar-refractivity contribution is 9.10. The van der Waals surface area contributed by atoms with Crippen molar-refractivity contribution in [3.05, 3.63) is 33.9 Å². The summed E-state index contributed by atoms with van der Waals surface area (Å²) in [6, 6.07) is 5.90. The van der Waals surface area contributed by atoms with Crippen LogP contribution in [-0.2, 0) is 16.0 Å². The number of ether oxygens (including phenoxy) is 1. The number of aromatic nitrogens is 1. The quantitative estimate of drug-likeness (QED) is 0.882. The fourth-order valence-corrected chi connectivity index (χ4v) is 2.48. The van der Waals surface area contributed by atoms with Crippen molar-refractivity contribution in [1.82, 2.24) is 4.98 Å². The molecule has 1 heterocycles. The van der Waals surface area contributed by atoms with Crippen molar-refractivity contribution in [3.8, 4) is 0 Å². The number of carbonyl (C=O) groups excluding carboxylic acids is 1. The minimum Gasteiger partial charge on any atom is -0.469 e. The molecule has 0 unspecified atom stereocenters. The molecule has 5 heteroatoms.